The number of carbonyl (C=O) groups excluding carboxylic acids is 1. The van der Waals surface area contributed by atoms with E-state index in [0.717, 1.165) is 6.42 Å². The van der Waals surface area contributed by atoms with Crippen LogP contribution < -0.4 is 10.1 Å². The molecule has 0 radical (unpaired) electrons. The smallest absolute Gasteiger partial charge is 0.266 e. The van der Waals surface area contributed by atoms with E-state index >= 15 is 0 Å². The minimum absolute atomic E-state index is 0.0747. The fourth-order valence-corrected chi connectivity index (χ4v) is 2.57. The van der Waals surface area contributed by atoms with E-state index in [-0.39, 0.29) is 5.57 Å². The van der Waals surface area contributed by atoms with Crippen LogP contribution in [0.4, 0.5) is 5.69 Å². The molecule has 2 aromatic carbocycles. The quantitative estimate of drug-likeness (QED) is 0.471. The van der Waals surface area contributed by atoms with Crippen molar-refractivity contribution in [3.8, 4) is 11.8 Å². The van der Waals surface area contributed by atoms with Gasteiger partial charge in [-0.05, 0) is 48.4 Å². The molecule has 0 bridgehead atoms. The zero-order valence-electron chi connectivity index (χ0n) is 13.9. The van der Waals surface area contributed by atoms with Gasteiger partial charge in [0.25, 0.3) is 5.91 Å². The number of nitriles is 1. The van der Waals surface area contributed by atoms with Gasteiger partial charge in [-0.25, -0.2) is 0 Å². The number of carbonyl (C=O) groups is 1. The highest BCUT2D eigenvalue weighted by Gasteiger charge is 2.11. The second-order valence-corrected chi connectivity index (χ2v) is 6.51. The van der Waals surface area contributed by atoms with E-state index in [1.54, 1.807) is 30.3 Å². The molecule has 2 rings (SSSR count). The molecule has 0 atom stereocenters. The lowest BCUT2D eigenvalue weighted by Gasteiger charge is -2.08. The molecule has 7 heteroatoms. The summed E-state index contributed by atoms with van der Waals surface area (Å²) in [7, 11) is 0. The van der Waals surface area contributed by atoms with Crippen LogP contribution in [0.2, 0.25) is 15.1 Å². The first-order chi connectivity index (χ1) is 12.4. The normalized spacial score (nSPS) is 11.0. The zero-order valence-corrected chi connectivity index (χ0v) is 16.1. The van der Waals surface area contributed by atoms with Crippen molar-refractivity contribution in [2.45, 2.75) is 13.3 Å². The van der Waals surface area contributed by atoms with Gasteiger partial charge in [0.15, 0.2) is 0 Å². The van der Waals surface area contributed by atoms with Crippen molar-refractivity contribution in [3.05, 3.63) is 62.6 Å². The third-order valence-electron chi connectivity index (χ3n) is 3.27. The summed E-state index contributed by atoms with van der Waals surface area (Å²) < 4.78 is 5.50. The number of benzene rings is 2. The monoisotopic (exact) mass is 408 g/mol. The van der Waals surface area contributed by atoms with E-state index in [1.165, 1.54) is 12.1 Å². The number of halogens is 3. The summed E-state index contributed by atoms with van der Waals surface area (Å²) in [5.41, 5.74) is 0.973. The third-order valence-corrected chi connectivity index (χ3v) is 4.31. The Kier molecular flexibility index (Phi) is 7.35. The minimum Gasteiger partial charge on any atom is -0.492 e. The summed E-state index contributed by atoms with van der Waals surface area (Å²) in [6.07, 6.45) is 2.31. The average molecular weight is 410 g/mol. The second-order valence-electron chi connectivity index (χ2n) is 5.29. The number of ether oxygens (including phenoxy) is 1. The Hall–Kier alpha value is -2.19. The Bertz CT molecular complexity index is 889. The highest BCUT2D eigenvalue weighted by Crippen LogP contribution is 2.27. The van der Waals surface area contributed by atoms with Crippen LogP contribution in [0, 0.1) is 11.3 Å². The second kappa shape index (κ2) is 9.49. The number of nitrogens with one attached hydrogen (secondary N) is 1. The van der Waals surface area contributed by atoms with Crippen molar-refractivity contribution in [2.24, 2.45) is 0 Å². The highest BCUT2D eigenvalue weighted by atomic mass is 35.5. The Morgan fingerprint density at radius 1 is 1.15 bits per heavy atom. The van der Waals surface area contributed by atoms with E-state index in [9.17, 15) is 10.1 Å². The topological polar surface area (TPSA) is 62.1 Å². The van der Waals surface area contributed by atoms with Crippen LogP contribution in [-0.4, -0.2) is 12.5 Å². The molecular formula is C19H15Cl3N2O2. The van der Waals surface area contributed by atoms with Crippen molar-refractivity contribution in [1.29, 1.82) is 5.26 Å². The lowest BCUT2D eigenvalue weighted by atomic mass is 10.1. The van der Waals surface area contributed by atoms with Gasteiger partial charge in [-0.3, -0.25) is 4.79 Å². The fourth-order valence-electron chi connectivity index (χ4n) is 2.02. The van der Waals surface area contributed by atoms with Gasteiger partial charge >= 0.3 is 0 Å². The minimum atomic E-state index is -0.562. The van der Waals surface area contributed by atoms with Crippen LogP contribution in [0.5, 0.6) is 5.75 Å². The van der Waals surface area contributed by atoms with Crippen LogP contribution in [-0.2, 0) is 4.79 Å². The van der Waals surface area contributed by atoms with Gasteiger partial charge in [0.2, 0.25) is 0 Å². The Balaban J connectivity index is 2.18. The summed E-state index contributed by atoms with van der Waals surface area (Å²) in [4.78, 5) is 12.3. The van der Waals surface area contributed by atoms with Crippen molar-refractivity contribution in [2.75, 3.05) is 11.9 Å². The molecular weight excluding hydrogens is 395 g/mol. The number of rotatable bonds is 6. The summed E-state index contributed by atoms with van der Waals surface area (Å²) in [5, 5.41) is 13.0. The molecule has 0 aliphatic heterocycles. The first kappa shape index (κ1) is 20.1. The molecule has 1 N–H and O–H groups in total. The third kappa shape index (κ3) is 5.40. The highest BCUT2D eigenvalue weighted by molar-refractivity contribution is 6.42. The van der Waals surface area contributed by atoms with Crippen LogP contribution in [0.15, 0.2) is 42.0 Å². The first-order valence-electron chi connectivity index (χ1n) is 7.75. The zero-order chi connectivity index (χ0) is 19.1. The molecule has 2 aromatic rings. The number of hydrogen-bond donors (Lipinski definition) is 1. The molecule has 0 saturated heterocycles. The van der Waals surface area contributed by atoms with Crippen molar-refractivity contribution in [3.63, 3.8) is 0 Å². The van der Waals surface area contributed by atoms with E-state index in [4.69, 9.17) is 39.5 Å². The molecule has 0 aromatic heterocycles. The molecule has 0 saturated carbocycles. The van der Waals surface area contributed by atoms with Gasteiger partial charge in [0.05, 0.1) is 21.7 Å². The lowest BCUT2D eigenvalue weighted by Crippen LogP contribution is -2.13. The summed E-state index contributed by atoms with van der Waals surface area (Å²) >= 11 is 17.9. The van der Waals surface area contributed by atoms with Gasteiger partial charge in [-0.15, -0.1) is 0 Å². The van der Waals surface area contributed by atoms with Crippen LogP contribution >= 0.6 is 34.8 Å². The molecule has 4 nitrogen and oxygen atoms in total. The number of anilines is 1. The first-order valence-corrected chi connectivity index (χ1v) is 8.88. The van der Waals surface area contributed by atoms with Gasteiger partial charge in [-0.2, -0.15) is 5.26 Å². The molecule has 134 valence electrons. The predicted octanol–water partition coefficient (Wildman–Crippen LogP) is 5.98. The summed E-state index contributed by atoms with van der Waals surface area (Å²) in [5.74, 6) is -0.00208. The molecule has 26 heavy (non-hydrogen) atoms. The Morgan fingerprint density at radius 3 is 2.54 bits per heavy atom. The van der Waals surface area contributed by atoms with E-state index in [0.29, 0.717) is 38.7 Å². The van der Waals surface area contributed by atoms with Crippen LogP contribution in [0.25, 0.3) is 6.08 Å². The summed E-state index contributed by atoms with van der Waals surface area (Å²) in [6, 6.07) is 11.6. The molecule has 0 spiro atoms. The maximum Gasteiger partial charge on any atom is 0.266 e. The Labute approximate surface area is 166 Å². The maximum atomic E-state index is 12.3. The largest absolute Gasteiger partial charge is 0.492 e. The van der Waals surface area contributed by atoms with E-state index < -0.39 is 5.91 Å². The fraction of sp³-hybridized carbons (Fsp3) is 0.158. The van der Waals surface area contributed by atoms with Gasteiger partial charge in [-0.1, -0.05) is 47.8 Å². The maximum absolute atomic E-state index is 12.3. The molecule has 1 amide bonds. The van der Waals surface area contributed by atoms with Crippen LogP contribution in [0.3, 0.4) is 0 Å². The Morgan fingerprint density at radius 2 is 1.92 bits per heavy atom. The number of amides is 1. The average Bonchev–Trinajstić information content (AvgIpc) is 2.62. The molecule has 0 heterocycles. The van der Waals surface area contributed by atoms with Crippen molar-refractivity contribution >= 4 is 52.5 Å². The standard InChI is InChI=1S/C19H15Cl3N2O2/c1-2-7-26-18-6-3-12(9-17(18)22)8-13(11-23)19(25)24-14-4-5-15(20)16(21)10-14/h3-6,8-10H,2,7H2,1H3,(H,24,25)/b13-8+. The summed E-state index contributed by atoms with van der Waals surface area (Å²) in [6.45, 7) is 2.56. The van der Waals surface area contributed by atoms with Gasteiger partial charge in [0, 0.05) is 5.69 Å². The molecule has 0 aliphatic rings. The van der Waals surface area contributed by atoms with E-state index in [1.807, 2.05) is 13.0 Å². The molecule has 0 fully saturated rings. The van der Waals surface area contributed by atoms with Crippen molar-refractivity contribution in [1.82, 2.24) is 0 Å². The predicted molar refractivity (Wildman–Crippen MR) is 106 cm³/mol. The number of nitrogens with zero attached hydrogens (tertiary/aromatic N) is 1. The van der Waals surface area contributed by atoms with Crippen LogP contribution in [0.1, 0.15) is 18.9 Å². The molecule has 0 unspecified atom stereocenters. The van der Waals surface area contributed by atoms with Gasteiger partial charge < -0.3 is 10.1 Å². The number of hydrogen-bond acceptors (Lipinski definition) is 3. The van der Waals surface area contributed by atoms with Crippen molar-refractivity contribution < 1.29 is 9.53 Å². The van der Waals surface area contributed by atoms with Gasteiger partial charge in [0.1, 0.15) is 17.4 Å². The molecule has 0 aliphatic carbocycles. The van der Waals surface area contributed by atoms with E-state index in [2.05, 4.69) is 5.32 Å². The SMILES string of the molecule is CCCOc1ccc(/C=C(\C#N)C(=O)Nc2ccc(Cl)c(Cl)c2)cc1Cl. The lowest BCUT2D eigenvalue weighted by molar-refractivity contribution is -0.112.